The molecule has 0 spiro atoms. The normalized spacial score (nSPS) is 15.2. The number of nitriles is 1. The van der Waals surface area contributed by atoms with Gasteiger partial charge in [0.2, 0.25) is 5.91 Å². The van der Waals surface area contributed by atoms with Crippen molar-refractivity contribution >= 4 is 23.4 Å². The molecule has 0 bridgehead atoms. The first-order valence-electron chi connectivity index (χ1n) is 10.0. The minimum atomic E-state index is -0.513. The highest BCUT2D eigenvalue weighted by atomic mass is 16.5. The van der Waals surface area contributed by atoms with Crippen LogP contribution < -0.4 is 10.6 Å². The minimum Gasteiger partial charge on any atom is -0.383 e. The third-order valence-corrected chi connectivity index (χ3v) is 5.07. The van der Waals surface area contributed by atoms with E-state index in [1.807, 2.05) is 6.07 Å². The summed E-state index contributed by atoms with van der Waals surface area (Å²) in [5, 5.41) is 14.4. The third-order valence-electron chi connectivity index (χ3n) is 5.07. The van der Waals surface area contributed by atoms with Crippen molar-refractivity contribution in [2.24, 2.45) is 0 Å². The third kappa shape index (κ3) is 5.47. The van der Waals surface area contributed by atoms with Crippen LogP contribution in [0.1, 0.15) is 39.1 Å². The molecule has 0 radical (unpaired) electrons. The first-order chi connectivity index (χ1) is 15.0. The van der Waals surface area contributed by atoms with Crippen LogP contribution in [-0.2, 0) is 9.53 Å². The summed E-state index contributed by atoms with van der Waals surface area (Å²) < 4.78 is 4.94. The van der Waals surface area contributed by atoms with Crippen molar-refractivity contribution in [2.45, 2.75) is 18.9 Å². The standard InChI is InChI=1S/C23H24N4O4/c1-31-13-11-25-22(29)20-6-3-12-27(20)23(30)18-4-2-5-19(14-18)26-21(28)17-9-7-16(15-24)8-10-17/h2,4-5,7-10,14,20H,3,6,11-13H2,1H3,(H,25,29)(H,26,28)/t20-/m1/s1. The number of anilines is 1. The lowest BCUT2D eigenvalue weighted by Crippen LogP contribution is -2.46. The fourth-order valence-electron chi connectivity index (χ4n) is 3.47. The van der Waals surface area contributed by atoms with E-state index in [1.165, 1.54) is 0 Å². The van der Waals surface area contributed by atoms with Gasteiger partial charge in [0.15, 0.2) is 0 Å². The molecule has 160 valence electrons. The van der Waals surface area contributed by atoms with Crippen molar-refractivity contribution in [3.63, 3.8) is 0 Å². The summed E-state index contributed by atoms with van der Waals surface area (Å²) in [6, 6.07) is 14.4. The van der Waals surface area contributed by atoms with Crippen LogP contribution in [-0.4, -0.2) is 55.5 Å². The first-order valence-corrected chi connectivity index (χ1v) is 10.0. The summed E-state index contributed by atoms with van der Waals surface area (Å²) in [7, 11) is 1.56. The molecule has 8 heteroatoms. The monoisotopic (exact) mass is 420 g/mol. The van der Waals surface area contributed by atoms with E-state index in [1.54, 1.807) is 60.5 Å². The van der Waals surface area contributed by atoms with E-state index in [4.69, 9.17) is 10.00 Å². The van der Waals surface area contributed by atoms with Gasteiger partial charge >= 0.3 is 0 Å². The summed E-state index contributed by atoms with van der Waals surface area (Å²) >= 11 is 0. The topological polar surface area (TPSA) is 112 Å². The number of carbonyl (C=O) groups excluding carboxylic acids is 3. The van der Waals surface area contributed by atoms with Crippen molar-refractivity contribution < 1.29 is 19.1 Å². The molecule has 1 saturated heterocycles. The fraction of sp³-hybridized carbons (Fsp3) is 0.304. The molecular formula is C23H24N4O4. The van der Waals surface area contributed by atoms with Gasteiger partial charge in [-0.2, -0.15) is 5.26 Å². The molecule has 1 aliphatic rings. The molecule has 0 aromatic heterocycles. The number of nitrogens with zero attached hydrogens (tertiary/aromatic N) is 2. The van der Waals surface area contributed by atoms with Crippen LogP contribution in [0.3, 0.4) is 0 Å². The number of methoxy groups -OCH3 is 1. The number of likely N-dealkylation sites (tertiary alicyclic amines) is 1. The zero-order chi connectivity index (χ0) is 22.2. The largest absolute Gasteiger partial charge is 0.383 e. The Morgan fingerprint density at radius 2 is 1.94 bits per heavy atom. The van der Waals surface area contributed by atoms with Gasteiger partial charge in [0.05, 0.1) is 18.2 Å². The molecular weight excluding hydrogens is 396 g/mol. The number of ether oxygens (including phenoxy) is 1. The van der Waals surface area contributed by atoms with Gasteiger partial charge < -0.3 is 20.3 Å². The number of benzene rings is 2. The average Bonchev–Trinajstić information content (AvgIpc) is 3.29. The molecule has 2 N–H and O–H groups in total. The Balaban J connectivity index is 1.68. The minimum absolute atomic E-state index is 0.187. The lowest BCUT2D eigenvalue weighted by Gasteiger charge is -2.24. The number of amides is 3. The Morgan fingerprint density at radius 3 is 2.65 bits per heavy atom. The van der Waals surface area contributed by atoms with Crippen LogP contribution in [0.2, 0.25) is 0 Å². The predicted octanol–water partition coefficient (Wildman–Crippen LogP) is 2.18. The highest BCUT2D eigenvalue weighted by Gasteiger charge is 2.34. The van der Waals surface area contributed by atoms with Gasteiger partial charge in [0, 0.05) is 37.0 Å². The Bertz CT molecular complexity index is 997. The fourth-order valence-corrected chi connectivity index (χ4v) is 3.47. The summed E-state index contributed by atoms with van der Waals surface area (Å²) in [6.45, 7) is 1.31. The Kier molecular flexibility index (Phi) is 7.35. The smallest absolute Gasteiger partial charge is 0.255 e. The van der Waals surface area contributed by atoms with E-state index in [0.717, 1.165) is 6.42 Å². The van der Waals surface area contributed by atoms with E-state index in [-0.39, 0.29) is 17.7 Å². The van der Waals surface area contributed by atoms with Crippen molar-refractivity contribution in [1.29, 1.82) is 5.26 Å². The Labute approximate surface area is 180 Å². The van der Waals surface area contributed by atoms with Crippen LogP contribution in [0.25, 0.3) is 0 Å². The summed E-state index contributed by atoms with van der Waals surface area (Å²) in [4.78, 5) is 39.5. The molecule has 0 aliphatic carbocycles. The van der Waals surface area contributed by atoms with E-state index in [0.29, 0.717) is 48.5 Å². The van der Waals surface area contributed by atoms with Crippen LogP contribution >= 0.6 is 0 Å². The van der Waals surface area contributed by atoms with E-state index in [2.05, 4.69) is 10.6 Å². The second kappa shape index (κ2) is 10.4. The lowest BCUT2D eigenvalue weighted by atomic mass is 10.1. The van der Waals surface area contributed by atoms with Crippen molar-refractivity contribution in [2.75, 3.05) is 32.1 Å². The molecule has 2 aromatic rings. The first kappa shape index (κ1) is 22.0. The van der Waals surface area contributed by atoms with Gasteiger partial charge in [-0.3, -0.25) is 14.4 Å². The van der Waals surface area contributed by atoms with E-state index >= 15 is 0 Å². The Morgan fingerprint density at radius 1 is 1.16 bits per heavy atom. The lowest BCUT2D eigenvalue weighted by molar-refractivity contribution is -0.125. The van der Waals surface area contributed by atoms with E-state index in [9.17, 15) is 14.4 Å². The SMILES string of the molecule is COCCNC(=O)[C@H]1CCCN1C(=O)c1cccc(NC(=O)c2ccc(C#N)cc2)c1. The second-order valence-electron chi connectivity index (χ2n) is 7.16. The van der Waals surface area contributed by atoms with Crippen LogP contribution in [0.15, 0.2) is 48.5 Å². The van der Waals surface area contributed by atoms with Crippen molar-refractivity contribution in [3.8, 4) is 6.07 Å². The van der Waals surface area contributed by atoms with E-state index < -0.39 is 6.04 Å². The number of carbonyl (C=O) groups is 3. The number of nitrogens with one attached hydrogen (secondary N) is 2. The molecule has 3 amide bonds. The Hall–Kier alpha value is -3.70. The molecule has 0 saturated carbocycles. The molecule has 1 aliphatic heterocycles. The summed E-state index contributed by atoms with van der Waals surface area (Å²) in [5.74, 6) is -0.780. The van der Waals surface area contributed by atoms with Gasteiger partial charge in [-0.25, -0.2) is 0 Å². The maximum absolute atomic E-state index is 13.0. The van der Waals surface area contributed by atoms with Gasteiger partial charge in [0.1, 0.15) is 6.04 Å². The average molecular weight is 420 g/mol. The van der Waals surface area contributed by atoms with Gasteiger partial charge in [0.25, 0.3) is 11.8 Å². The van der Waals surface area contributed by atoms with Gasteiger partial charge in [-0.05, 0) is 55.3 Å². The molecule has 1 heterocycles. The summed E-state index contributed by atoms with van der Waals surface area (Å²) in [6.07, 6.45) is 1.36. The molecule has 3 rings (SSSR count). The number of hydrogen-bond donors (Lipinski definition) is 2. The van der Waals surface area contributed by atoms with Crippen LogP contribution in [0.4, 0.5) is 5.69 Å². The molecule has 8 nitrogen and oxygen atoms in total. The van der Waals surface area contributed by atoms with Crippen molar-refractivity contribution in [3.05, 3.63) is 65.2 Å². The number of rotatable bonds is 7. The maximum Gasteiger partial charge on any atom is 0.255 e. The van der Waals surface area contributed by atoms with Gasteiger partial charge in [-0.1, -0.05) is 6.07 Å². The zero-order valence-corrected chi connectivity index (χ0v) is 17.3. The molecule has 2 aromatic carbocycles. The highest BCUT2D eigenvalue weighted by Crippen LogP contribution is 2.22. The van der Waals surface area contributed by atoms with Crippen LogP contribution in [0, 0.1) is 11.3 Å². The molecule has 0 unspecified atom stereocenters. The van der Waals surface area contributed by atoms with Crippen LogP contribution in [0.5, 0.6) is 0 Å². The molecule has 31 heavy (non-hydrogen) atoms. The predicted molar refractivity (Wildman–Crippen MR) is 114 cm³/mol. The quantitative estimate of drug-likeness (QED) is 0.667. The summed E-state index contributed by atoms with van der Waals surface area (Å²) in [5.41, 5.74) is 1.74. The maximum atomic E-state index is 13.0. The highest BCUT2D eigenvalue weighted by molar-refractivity contribution is 6.05. The second-order valence-corrected chi connectivity index (χ2v) is 7.16. The molecule has 1 fully saturated rings. The van der Waals surface area contributed by atoms with Gasteiger partial charge in [-0.15, -0.1) is 0 Å². The van der Waals surface area contributed by atoms with Crippen molar-refractivity contribution in [1.82, 2.24) is 10.2 Å². The zero-order valence-electron chi connectivity index (χ0n) is 17.3. The molecule has 1 atom stereocenters. The number of hydrogen-bond acceptors (Lipinski definition) is 5.